The van der Waals surface area contributed by atoms with Crippen LogP contribution in [0.1, 0.15) is 6.42 Å². The van der Waals surface area contributed by atoms with Gasteiger partial charge < -0.3 is 20.1 Å². The standard InChI is InChI=1S/C15H21N5O/c1-19(2)14-7-4-3-6-13(14)18-15(21)17-8-5-10-20-11-9-16-12-20/h3-4,6-7,9,11-12H,5,8,10H2,1-2H3,(H2,17,18,21). The Bertz CT molecular complexity index is 565. The van der Waals surface area contributed by atoms with E-state index in [9.17, 15) is 4.79 Å². The molecule has 2 amide bonds. The van der Waals surface area contributed by atoms with Crippen molar-refractivity contribution in [3.05, 3.63) is 43.0 Å². The zero-order valence-corrected chi connectivity index (χ0v) is 12.4. The third-order valence-corrected chi connectivity index (χ3v) is 3.07. The second-order valence-corrected chi connectivity index (χ2v) is 4.95. The number of hydrogen-bond acceptors (Lipinski definition) is 3. The molecule has 0 unspecified atom stereocenters. The van der Waals surface area contributed by atoms with E-state index in [-0.39, 0.29) is 6.03 Å². The highest BCUT2D eigenvalue weighted by molar-refractivity contribution is 5.93. The van der Waals surface area contributed by atoms with Gasteiger partial charge in [0.1, 0.15) is 0 Å². The van der Waals surface area contributed by atoms with Crippen LogP contribution < -0.4 is 15.5 Å². The Hall–Kier alpha value is -2.50. The van der Waals surface area contributed by atoms with Gasteiger partial charge in [0.05, 0.1) is 17.7 Å². The smallest absolute Gasteiger partial charge is 0.319 e. The monoisotopic (exact) mass is 287 g/mol. The molecule has 0 radical (unpaired) electrons. The number of carbonyl (C=O) groups excluding carboxylic acids is 1. The average molecular weight is 287 g/mol. The normalized spacial score (nSPS) is 10.2. The Morgan fingerprint density at radius 3 is 2.86 bits per heavy atom. The number of carbonyl (C=O) groups is 1. The van der Waals surface area contributed by atoms with Crippen LogP contribution in [0.4, 0.5) is 16.2 Å². The lowest BCUT2D eigenvalue weighted by atomic mass is 10.2. The van der Waals surface area contributed by atoms with Crippen molar-refractivity contribution in [2.75, 3.05) is 30.9 Å². The lowest BCUT2D eigenvalue weighted by Gasteiger charge is -2.17. The van der Waals surface area contributed by atoms with E-state index < -0.39 is 0 Å². The summed E-state index contributed by atoms with van der Waals surface area (Å²) >= 11 is 0. The molecule has 2 N–H and O–H groups in total. The van der Waals surface area contributed by atoms with Gasteiger partial charge in [0.15, 0.2) is 0 Å². The zero-order chi connectivity index (χ0) is 15.1. The van der Waals surface area contributed by atoms with Crippen LogP contribution in [0.5, 0.6) is 0 Å². The molecule has 6 nitrogen and oxygen atoms in total. The maximum atomic E-state index is 11.9. The maximum Gasteiger partial charge on any atom is 0.319 e. The molecule has 1 aromatic carbocycles. The molecule has 1 heterocycles. The number of rotatable bonds is 6. The first-order valence-corrected chi connectivity index (χ1v) is 6.94. The summed E-state index contributed by atoms with van der Waals surface area (Å²) in [6.07, 6.45) is 6.29. The van der Waals surface area contributed by atoms with Crippen LogP contribution in [0.2, 0.25) is 0 Å². The van der Waals surface area contributed by atoms with Gasteiger partial charge in [-0.2, -0.15) is 0 Å². The number of hydrogen-bond donors (Lipinski definition) is 2. The second kappa shape index (κ2) is 7.33. The number of aromatic nitrogens is 2. The third-order valence-electron chi connectivity index (χ3n) is 3.07. The van der Waals surface area contributed by atoms with Gasteiger partial charge in [-0.25, -0.2) is 9.78 Å². The zero-order valence-electron chi connectivity index (χ0n) is 12.4. The summed E-state index contributed by atoms with van der Waals surface area (Å²) in [5, 5.41) is 5.73. The van der Waals surface area contributed by atoms with Crippen molar-refractivity contribution in [2.45, 2.75) is 13.0 Å². The fourth-order valence-electron chi connectivity index (χ4n) is 2.02. The number of urea groups is 1. The molecule has 21 heavy (non-hydrogen) atoms. The minimum Gasteiger partial charge on any atom is -0.376 e. The summed E-state index contributed by atoms with van der Waals surface area (Å²) in [7, 11) is 3.90. The van der Waals surface area contributed by atoms with Gasteiger partial charge in [-0.05, 0) is 18.6 Å². The van der Waals surface area contributed by atoms with E-state index in [1.54, 1.807) is 12.5 Å². The highest BCUT2D eigenvalue weighted by Gasteiger charge is 2.06. The lowest BCUT2D eigenvalue weighted by Crippen LogP contribution is -2.30. The van der Waals surface area contributed by atoms with Crippen LogP contribution in [-0.2, 0) is 6.54 Å². The van der Waals surface area contributed by atoms with Crippen molar-refractivity contribution >= 4 is 17.4 Å². The Kier molecular flexibility index (Phi) is 5.20. The number of para-hydroxylation sites is 2. The Balaban J connectivity index is 1.77. The van der Waals surface area contributed by atoms with Gasteiger partial charge in [0.2, 0.25) is 0 Å². The van der Waals surface area contributed by atoms with Gasteiger partial charge in [0.25, 0.3) is 0 Å². The third kappa shape index (κ3) is 4.52. The van der Waals surface area contributed by atoms with Crippen molar-refractivity contribution in [1.82, 2.24) is 14.9 Å². The van der Waals surface area contributed by atoms with E-state index in [1.807, 2.05) is 54.0 Å². The van der Waals surface area contributed by atoms with Gasteiger partial charge >= 0.3 is 6.03 Å². The number of nitrogens with one attached hydrogen (secondary N) is 2. The van der Waals surface area contributed by atoms with Gasteiger partial charge in [0, 0.05) is 39.6 Å². The van der Waals surface area contributed by atoms with E-state index in [1.165, 1.54) is 0 Å². The highest BCUT2D eigenvalue weighted by atomic mass is 16.2. The second-order valence-electron chi connectivity index (χ2n) is 4.95. The van der Waals surface area contributed by atoms with Gasteiger partial charge in [-0.1, -0.05) is 12.1 Å². The van der Waals surface area contributed by atoms with E-state index in [0.29, 0.717) is 6.54 Å². The highest BCUT2D eigenvalue weighted by Crippen LogP contribution is 2.23. The molecule has 1 aromatic heterocycles. The Morgan fingerprint density at radius 1 is 1.33 bits per heavy atom. The lowest BCUT2D eigenvalue weighted by molar-refractivity contribution is 0.252. The summed E-state index contributed by atoms with van der Waals surface area (Å²) in [4.78, 5) is 17.8. The van der Waals surface area contributed by atoms with Crippen LogP contribution in [0.25, 0.3) is 0 Å². The molecule has 112 valence electrons. The number of aryl methyl sites for hydroxylation is 1. The van der Waals surface area contributed by atoms with Crippen molar-refractivity contribution in [3.63, 3.8) is 0 Å². The van der Waals surface area contributed by atoms with Crippen LogP contribution in [-0.4, -0.2) is 36.2 Å². The predicted octanol–water partition coefficient (Wildman–Crippen LogP) is 2.16. The molecule has 0 atom stereocenters. The first kappa shape index (κ1) is 14.9. The van der Waals surface area contributed by atoms with E-state index in [2.05, 4.69) is 15.6 Å². The summed E-state index contributed by atoms with van der Waals surface area (Å²) < 4.78 is 1.99. The summed E-state index contributed by atoms with van der Waals surface area (Å²) in [6, 6.07) is 7.52. The molecular formula is C15H21N5O. The summed E-state index contributed by atoms with van der Waals surface area (Å²) in [5.74, 6) is 0. The van der Waals surface area contributed by atoms with Crippen LogP contribution >= 0.6 is 0 Å². The molecule has 0 saturated carbocycles. The molecule has 2 rings (SSSR count). The first-order valence-electron chi connectivity index (χ1n) is 6.94. The minimum atomic E-state index is -0.185. The predicted molar refractivity (Wildman–Crippen MR) is 84.6 cm³/mol. The van der Waals surface area contributed by atoms with E-state index in [0.717, 1.165) is 24.3 Å². The Morgan fingerprint density at radius 2 is 2.14 bits per heavy atom. The van der Waals surface area contributed by atoms with Crippen molar-refractivity contribution in [2.24, 2.45) is 0 Å². The fourth-order valence-corrected chi connectivity index (χ4v) is 2.02. The SMILES string of the molecule is CN(C)c1ccccc1NC(=O)NCCCn1ccnc1. The quantitative estimate of drug-likeness (QED) is 0.800. The number of imidazole rings is 1. The van der Waals surface area contributed by atoms with Gasteiger partial charge in [-0.15, -0.1) is 0 Å². The maximum absolute atomic E-state index is 11.9. The van der Waals surface area contributed by atoms with Crippen molar-refractivity contribution < 1.29 is 4.79 Å². The van der Waals surface area contributed by atoms with E-state index in [4.69, 9.17) is 0 Å². The van der Waals surface area contributed by atoms with Crippen LogP contribution in [0.15, 0.2) is 43.0 Å². The average Bonchev–Trinajstić information content (AvgIpc) is 2.97. The summed E-state index contributed by atoms with van der Waals surface area (Å²) in [6.45, 7) is 1.46. The molecule has 0 fully saturated rings. The molecule has 2 aromatic rings. The molecule has 0 aliphatic heterocycles. The fraction of sp³-hybridized carbons (Fsp3) is 0.333. The molecule has 0 aliphatic rings. The number of amides is 2. The molecule has 6 heteroatoms. The molecule has 0 saturated heterocycles. The molecule has 0 spiro atoms. The largest absolute Gasteiger partial charge is 0.376 e. The van der Waals surface area contributed by atoms with E-state index >= 15 is 0 Å². The Labute approximate surface area is 124 Å². The molecular weight excluding hydrogens is 266 g/mol. The topological polar surface area (TPSA) is 62.2 Å². The number of nitrogens with zero attached hydrogens (tertiary/aromatic N) is 3. The molecule has 0 bridgehead atoms. The summed E-state index contributed by atoms with van der Waals surface area (Å²) in [5.41, 5.74) is 1.78. The van der Waals surface area contributed by atoms with Crippen molar-refractivity contribution in [1.29, 1.82) is 0 Å². The number of benzene rings is 1. The minimum absolute atomic E-state index is 0.185. The van der Waals surface area contributed by atoms with Crippen LogP contribution in [0, 0.1) is 0 Å². The van der Waals surface area contributed by atoms with Crippen molar-refractivity contribution in [3.8, 4) is 0 Å². The van der Waals surface area contributed by atoms with Crippen LogP contribution in [0.3, 0.4) is 0 Å². The number of anilines is 2. The first-order chi connectivity index (χ1) is 10.2. The van der Waals surface area contributed by atoms with Gasteiger partial charge in [-0.3, -0.25) is 0 Å². The molecule has 0 aliphatic carbocycles.